The van der Waals surface area contributed by atoms with E-state index in [2.05, 4.69) is 24.2 Å². The van der Waals surface area contributed by atoms with Crippen LogP contribution in [0.2, 0.25) is 0 Å². The molecule has 13 heavy (non-hydrogen) atoms. The van der Waals surface area contributed by atoms with Crippen LogP contribution in [0.3, 0.4) is 0 Å². The first-order valence-corrected chi connectivity index (χ1v) is 6.08. The summed E-state index contributed by atoms with van der Waals surface area (Å²) in [6.07, 6.45) is 4.06. The maximum Gasteiger partial charge on any atom is 0.156 e. The van der Waals surface area contributed by atoms with Crippen LogP contribution in [0.4, 0.5) is 0 Å². The van der Waals surface area contributed by atoms with Gasteiger partial charge in [0.05, 0.1) is 0 Å². The lowest BCUT2D eigenvalue weighted by Gasteiger charge is -2.32. The first kappa shape index (κ1) is 9.38. The Balaban J connectivity index is 1.84. The largest absolute Gasteiger partial charge is 0.362 e. The molecule has 74 valence electrons. The lowest BCUT2D eigenvalue weighted by Crippen LogP contribution is -2.41. The molecule has 3 heteroatoms. The van der Waals surface area contributed by atoms with Crippen molar-refractivity contribution >= 4 is 16.9 Å². The molecule has 0 amide bonds. The summed E-state index contributed by atoms with van der Waals surface area (Å²) in [5.74, 6) is 1.20. The van der Waals surface area contributed by atoms with Crippen molar-refractivity contribution in [3.63, 3.8) is 0 Å². The second-order valence-corrected chi connectivity index (χ2v) is 5.81. The number of nitrogens with zero attached hydrogens (tertiary/aromatic N) is 1. The van der Waals surface area contributed by atoms with Crippen LogP contribution >= 0.6 is 11.8 Å². The van der Waals surface area contributed by atoms with E-state index in [4.69, 9.17) is 0 Å². The Morgan fingerprint density at radius 2 is 2.23 bits per heavy atom. The lowest BCUT2D eigenvalue weighted by molar-refractivity contribution is 0.382. The Hall–Kier alpha value is -0.180. The van der Waals surface area contributed by atoms with Gasteiger partial charge >= 0.3 is 0 Å². The molecular weight excluding hydrogens is 180 g/mol. The Morgan fingerprint density at radius 3 is 2.69 bits per heavy atom. The van der Waals surface area contributed by atoms with Gasteiger partial charge < -0.3 is 5.32 Å². The molecule has 0 aromatic carbocycles. The molecular formula is C10H18N2S. The van der Waals surface area contributed by atoms with Gasteiger partial charge in [0.2, 0.25) is 0 Å². The lowest BCUT2D eigenvalue weighted by atomic mass is 9.93. The maximum absolute atomic E-state index is 4.57. The molecule has 1 aliphatic heterocycles. The van der Waals surface area contributed by atoms with E-state index in [0.29, 0.717) is 5.41 Å². The van der Waals surface area contributed by atoms with Crippen molar-refractivity contribution in [2.45, 2.75) is 39.2 Å². The van der Waals surface area contributed by atoms with Crippen LogP contribution in [-0.4, -0.2) is 23.5 Å². The van der Waals surface area contributed by atoms with Crippen LogP contribution < -0.4 is 5.32 Å². The minimum Gasteiger partial charge on any atom is -0.362 e. The third-order valence-corrected chi connectivity index (χ3v) is 4.13. The van der Waals surface area contributed by atoms with Gasteiger partial charge in [0.1, 0.15) is 0 Å². The van der Waals surface area contributed by atoms with Crippen molar-refractivity contribution in [1.29, 1.82) is 0 Å². The van der Waals surface area contributed by atoms with Gasteiger partial charge in [-0.25, -0.2) is 0 Å². The summed E-state index contributed by atoms with van der Waals surface area (Å²) in [6.45, 7) is 5.54. The third-order valence-electron chi connectivity index (χ3n) is 2.68. The summed E-state index contributed by atoms with van der Waals surface area (Å²) in [4.78, 5) is 4.57. The topological polar surface area (TPSA) is 24.4 Å². The summed E-state index contributed by atoms with van der Waals surface area (Å²) in [6, 6.07) is 0.729. The highest BCUT2D eigenvalue weighted by Gasteiger charge is 2.25. The normalized spacial score (nSPS) is 27.7. The van der Waals surface area contributed by atoms with Crippen molar-refractivity contribution in [1.82, 2.24) is 5.32 Å². The van der Waals surface area contributed by atoms with Crippen molar-refractivity contribution in [2.75, 3.05) is 12.3 Å². The molecule has 0 unspecified atom stereocenters. The number of nitrogens with one attached hydrogen (secondary N) is 1. The summed E-state index contributed by atoms with van der Waals surface area (Å²) < 4.78 is 0. The number of thioether (sulfide) groups is 1. The van der Waals surface area contributed by atoms with Crippen LogP contribution in [0.1, 0.15) is 33.1 Å². The Kier molecular flexibility index (Phi) is 2.54. The van der Waals surface area contributed by atoms with Crippen molar-refractivity contribution in [3.05, 3.63) is 0 Å². The van der Waals surface area contributed by atoms with Gasteiger partial charge in [0.25, 0.3) is 0 Å². The molecule has 0 atom stereocenters. The number of hydrogen-bond acceptors (Lipinski definition) is 3. The van der Waals surface area contributed by atoms with Crippen molar-refractivity contribution in [3.8, 4) is 0 Å². The van der Waals surface area contributed by atoms with Gasteiger partial charge in [-0.15, -0.1) is 0 Å². The fourth-order valence-corrected chi connectivity index (χ4v) is 2.48. The zero-order chi connectivity index (χ0) is 9.31. The van der Waals surface area contributed by atoms with Crippen LogP contribution in [0.5, 0.6) is 0 Å². The molecule has 0 radical (unpaired) electrons. The van der Waals surface area contributed by atoms with Gasteiger partial charge in [-0.2, -0.15) is 0 Å². The average Bonchev–Trinajstić information content (AvgIpc) is 1.99. The first-order valence-electron chi connectivity index (χ1n) is 5.09. The zero-order valence-electron chi connectivity index (χ0n) is 8.47. The highest BCUT2D eigenvalue weighted by atomic mass is 32.2. The standard InChI is InChI=1S/C10H18N2S/c1-10(2)6-11-9(13-7-10)12-8-4-3-5-8/h8H,3-7H2,1-2H3,(H,11,12). The van der Waals surface area contributed by atoms with Crippen LogP contribution in [0.15, 0.2) is 4.99 Å². The van der Waals surface area contributed by atoms with E-state index in [1.54, 1.807) is 0 Å². The molecule has 2 nitrogen and oxygen atoms in total. The Morgan fingerprint density at radius 1 is 1.46 bits per heavy atom. The SMILES string of the molecule is CC1(C)CN=C(NC2CCC2)SC1. The second-order valence-electron chi connectivity index (χ2n) is 4.85. The second kappa shape index (κ2) is 3.52. The van der Waals surface area contributed by atoms with Gasteiger partial charge in [0.15, 0.2) is 5.17 Å². The van der Waals surface area contributed by atoms with E-state index >= 15 is 0 Å². The average molecular weight is 198 g/mol. The number of amidine groups is 1. The van der Waals surface area contributed by atoms with E-state index in [1.165, 1.54) is 30.2 Å². The fraction of sp³-hybridized carbons (Fsp3) is 0.900. The summed E-state index contributed by atoms with van der Waals surface area (Å²) in [5.41, 5.74) is 0.398. The molecule has 0 saturated heterocycles. The highest BCUT2D eigenvalue weighted by molar-refractivity contribution is 8.13. The number of rotatable bonds is 1. The predicted octanol–water partition coefficient (Wildman–Crippen LogP) is 2.26. The minimum atomic E-state index is 0.398. The summed E-state index contributed by atoms with van der Waals surface area (Å²) in [5, 5.41) is 4.69. The highest BCUT2D eigenvalue weighted by Crippen LogP contribution is 2.28. The summed E-state index contributed by atoms with van der Waals surface area (Å²) in [7, 11) is 0. The van der Waals surface area contributed by atoms with E-state index in [1.807, 2.05) is 11.8 Å². The minimum absolute atomic E-state index is 0.398. The number of aliphatic imine (C=N–C) groups is 1. The molecule has 1 heterocycles. The molecule has 0 bridgehead atoms. The third kappa shape index (κ3) is 2.39. The molecule has 0 spiro atoms. The van der Waals surface area contributed by atoms with E-state index in [-0.39, 0.29) is 0 Å². The maximum atomic E-state index is 4.57. The molecule has 1 aliphatic carbocycles. The fourth-order valence-electron chi connectivity index (χ4n) is 1.46. The first-order chi connectivity index (χ1) is 6.16. The molecule has 0 aromatic heterocycles. The van der Waals surface area contributed by atoms with E-state index < -0.39 is 0 Å². The van der Waals surface area contributed by atoms with Crippen LogP contribution in [-0.2, 0) is 0 Å². The van der Waals surface area contributed by atoms with Crippen molar-refractivity contribution in [2.24, 2.45) is 10.4 Å². The molecule has 1 saturated carbocycles. The van der Waals surface area contributed by atoms with Gasteiger partial charge in [-0.05, 0) is 24.7 Å². The van der Waals surface area contributed by atoms with Crippen LogP contribution in [0.25, 0.3) is 0 Å². The smallest absolute Gasteiger partial charge is 0.156 e. The Labute approximate surface area is 84.6 Å². The predicted molar refractivity (Wildman–Crippen MR) is 59.3 cm³/mol. The van der Waals surface area contributed by atoms with Crippen molar-refractivity contribution < 1.29 is 0 Å². The van der Waals surface area contributed by atoms with Crippen LogP contribution in [0, 0.1) is 5.41 Å². The van der Waals surface area contributed by atoms with E-state index in [9.17, 15) is 0 Å². The molecule has 1 fully saturated rings. The Bertz CT molecular complexity index is 219. The van der Waals surface area contributed by atoms with Gasteiger partial charge in [-0.1, -0.05) is 25.6 Å². The number of hydrogen-bond donors (Lipinski definition) is 1. The molecule has 2 rings (SSSR count). The molecule has 1 N–H and O–H groups in total. The monoisotopic (exact) mass is 198 g/mol. The quantitative estimate of drug-likeness (QED) is 0.699. The molecule has 2 aliphatic rings. The zero-order valence-corrected chi connectivity index (χ0v) is 9.28. The van der Waals surface area contributed by atoms with Gasteiger partial charge in [-0.3, -0.25) is 4.99 Å². The molecule has 0 aromatic rings. The van der Waals surface area contributed by atoms with E-state index in [0.717, 1.165) is 12.6 Å². The van der Waals surface area contributed by atoms with Gasteiger partial charge in [0, 0.05) is 18.3 Å². The summed E-state index contributed by atoms with van der Waals surface area (Å²) >= 11 is 1.89.